The molecule has 0 spiro atoms. The highest BCUT2D eigenvalue weighted by atomic mass is 16.1. The molecule has 0 saturated carbocycles. The lowest BCUT2D eigenvalue weighted by Gasteiger charge is -2.14. The van der Waals surface area contributed by atoms with Crippen LogP contribution in [0.5, 0.6) is 0 Å². The van der Waals surface area contributed by atoms with Crippen molar-refractivity contribution < 1.29 is 4.79 Å². The SMILES string of the molecule is CC(C)C#CC(=O)NCCC1CCCN(C)CC1. The maximum absolute atomic E-state index is 11.4. The third-order valence-corrected chi connectivity index (χ3v) is 3.38. The summed E-state index contributed by atoms with van der Waals surface area (Å²) in [6, 6.07) is 0. The quantitative estimate of drug-likeness (QED) is 0.776. The molecule has 3 nitrogen and oxygen atoms in total. The van der Waals surface area contributed by atoms with E-state index in [0.717, 1.165) is 18.9 Å². The zero-order valence-electron chi connectivity index (χ0n) is 12.0. The minimum absolute atomic E-state index is 0.130. The number of nitrogens with one attached hydrogen (secondary N) is 1. The van der Waals surface area contributed by atoms with Crippen molar-refractivity contribution in [1.29, 1.82) is 0 Å². The number of carbonyl (C=O) groups is 1. The average Bonchev–Trinajstić information content (AvgIpc) is 2.52. The standard InChI is InChI=1S/C15H26N2O/c1-13(2)6-7-15(18)16-10-8-14-5-4-11-17(3)12-9-14/h13-14H,4-5,8-12H2,1-3H3,(H,16,18). The van der Waals surface area contributed by atoms with Crippen molar-refractivity contribution in [2.75, 3.05) is 26.7 Å². The van der Waals surface area contributed by atoms with Gasteiger partial charge in [-0.3, -0.25) is 4.79 Å². The molecule has 1 heterocycles. The number of likely N-dealkylation sites (tertiary alicyclic amines) is 1. The van der Waals surface area contributed by atoms with Crippen LogP contribution in [0.4, 0.5) is 0 Å². The van der Waals surface area contributed by atoms with E-state index in [1.165, 1.54) is 32.4 Å². The molecule has 1 N–H and O–H groups in total. The first-order valence-electron chi connectivity index (χ1n) is 7.06. The van der Waals surface area contributed by atoms with Gasteiger partial charge < -0.3 is 10.2 Å². The van der Waals surface area contributed by atoms with Crippen molar-refractivity contribution in [3.05, 3.63) is 0 Å². The van der Waals surface area contributed by atoms with Crippen LogP contribution in [0, 0.1) is 23.7 Å². The highest BCUT2D eigenvalue weighted by Crippen LogP contribution is 2.19. The van der Waals surface area contributed by atoms with Crippen LogP contribution in [0.2, 0.25) is 0 Å². The van der Waals surface area contributed by atoms with E-state index >= 15 is 0 Å². The number of carbonyl (C=O) groups excluding carboxylic acids is 1. The Morgan fingerprint density at radius 3 is 2.89 bits per heavy atom. The molecule has 0 radical (unpaired) electrons. The lowest BCUT2D eigenvalue weighted by Crippen LogP contribution is -2.25. The molecule has 0 bridgehead atoms. The Hall–Kier alpha value is -1.01. The maximum atomic E-state index is 11.4. The van der Waals surface area contributed by atoms with Gasteiger partial charge in [-0.25, -0.2) is 0 Å². The zero-order chi connectivity index (χ0) is 13.4. The third-order valence-electron chi connectivity index (χ3n) is 3.38. The summed E-state index contributed by atoms with van der Waals surface area (Å²) in [5, 5.41) is 2.89. The third kappa shape index (κ3) is 6.66. The van der Waals surface area contributed by atoms with Gasteiger partial charge in [0.05, 0.1) is 0 Å². The molecule has 0 aromatic carbocycles. The Balaban J connectivity index is 2.17. The van der Waals surface area contributed by atoms with Crippen LogP contribution < -0.4 is 5.32 Å². The largest absolute Gasteiger partial charge is 0.345 e. The monoisotopic (exact) mass is 250 g/mol. The fourth-order valence-electron chi connectivity index (χ4n) is 2.24. The molecular weight excluding hydrogens is 224 g/mol. The molecule has 1 saturated heterocycles. The number of hydrogen-bond donors (Lipinski definition) is 1. The van der Waals surface area contributed by atoms with Crippen molar-refractivity contribution in [2.24, 2.45) is 11.8 Å². The van der Waals surface area contributed by atoms with Gasteiger partial charge in [-0.1, -0.05) is 19.8 Å². The van der Waals surface area contributed by atoms with Crippen LogP contribution >= 0.6 is 0 Å². The Kier molecular flexibility index (Phi) is 6.82. The first-order valence-corrected chi connectivity index (χ1v) is 7.06. The molecule has 1 aliphatic heterocycles. The molecule has 0 aliphatic carbocycles. The molecule has 1 rings (SSSR count). The molecule has 102 valence electrons. The lowest BCUT2D eigenvalue weighted by molar-refractivity contribution is -0.115. The van der Waals surface area contributed by atoms with E-state index in [1.807, 2.05) is 13.8 Å². The van der Waals surface area contributed by atoms with Gasteiger partial charge in [0.25, 0.3) is 5.91 Å². The minimum Gasteiger partial charge on any atom is -0.345 e. The summed E-state index contributed by atoms with van der Waals surface area (Å²) in [6.07, 6.45) is 4.91. The predicted molar refractivity (Wildman–Crippen MR) is 75.1 cm³/mol. The minimum atomic E-state index is -0.130. The first-order chi connectivity index (χ1) is 8.58. The van der Waals surface area contributed by atoms with Gasteiger partial charge in [0.2, 0.25) is 0 Å². The van der Waals surface area contributed by atoms with Crippen LogP contribution in [-0.2, 0) is 4.79 Å². The van der Waals surface area contributed by atoms with Crippen LogP contribution in [-0.4, -0.2) is 37.5 Å². The maximum Gasteiger partial charge on any atom is 0.295 e. The van der Waals surface area contributed by atoms with E-state index in [0.29, 0.717) is 0 Å². The Labute approximate surface area is 111 Å². The van der Waals surface area contributed by atoms with Crippen LogP contribution in [0.3, 0.4) is 0 Å². The normalized spacial score (nSPS) is 21.0. The summed E-state index contributed by atoms with van der Waals surface area (Å²) in [6.45, 7) is 7.14. The zero-order valence-corrected chi connectivity index (χ0v) is 12.0. The number of hydrogen-bond acceptors (Lipinski definition) is 2. The molecular formula is C15H26N2O. The summed E-state index contributed by atoms with van der Waals surface area (Å²) in [5.41, 5.74) is 0. The molecule has 1 unspecified atom stereocenters. The summed E-state index contributed by atoms with van der Waals surface area (Å²) in [4.78, 5) is 13.8. The van der Waals surface area contributed by atoms with Crippen molar-refractivity contribution in [3.63, 3.8) is 0 Å². The molecule has 3 heteroatoms. The molecule has 0 aromatic rings. The second-order valence-electron chi connectivity index (χ2n) is 5.57. The number of nitrogens with zero attached hydrogens (tertiary/aromatic N) is 1. The summed E-state index contributed by atoms with van der Waals surface area (Å²) < 4.78 is 0. The van der Waals surface area contributed by atoms with Gasteiger partial charge >= 0.3 is 0 Å². The fraction of sp³-hybridized carbons (Fsp3) is 0.800. The van der Waals surface area contributed by atoms with Gasteiger partial charge in [0.15, 0.2) is 0 Å². The Bertz CT molecular complexity index is 314. The second kappa shape index (κ2) is 8.16. The first kappa shape index (κ1) is 15.0. The van der Waals surface area contributed by atoms with E-state index in [-0.39, 0.29) is 11.8 Å². The van der Waals surface area contributed by atoms with E-state index < -0.39 is 0 Å². The van der Waals surface area contributed by atoms with Crippen molar-refractivity contribution in [3.8, 4) is 11.8 Å². The van der Waals surface area contributed by atoms with Crippen LogP contribution in [0.1, 0.15) is 39.5 Å². The molecule has 1 atom stereocenters. The predicted octanol–water partition coefficient (Wildman–Crippen LogP) is 1.88. The number of rotatable bonds is 3. The number of amides is 1. The summed E-state index contributed by atoms with van der Waals surface area (Å²) in [7, 11) is 2.19. The average molecular weight is 250 g/mol. The smallest absolute Gasteiger partial charge is 0.295 e. The molecule has 0 aromatic heterocycles. The summed E-state index contributed by atoms with van der Waals surface area (Å²) in [5.74, 6) is 6.40. The van der Waals surface area contributed by atoms with E-state index in [1.54, 1.807) is 0 Å². The van der Waals surface area contributed by atoms with E-state index in [2.05, 4.69) is 29.1 Å². The van der Waals surface area contributed by atoms with Crippen molar-refractivity contribution >= 4 is 5.91 Å². The fourth-order valence-corrected chi connectivity index (χ4v) is 2.24. The molecule has 1 amide bonds. The van der Waals surface area contributed by atoms with Crippen molar-refractivity contribution in [2.45, 2.75) is 39.5 Å². The van der Waals surface area contributed by atoms with Crippen molar-refractivity contribution in [1.82, 2.24) is 10.2 Å². The molecule has 1 aliphatic rings. The van der Waals surface area contributed by atoms with Gasteiger partial charge in [-0.05, 0) is 57.7 Å². The van der Waals surface area contributed by atoms with E-state index in [9.17, 15) is 4.79 Å². The molecule has 1 fully saturated rings. The van der Waals surface area contributed by atoms with E-state index in [4.69, 9.17) is 0 Å². The Morgan fingerprint density at radius 2 is 2.17 bits per heavy atom. The molecule has 18 heavy (non-hydrogen) atoms. The topological polar surface area (TPSA) is 32.3 Å². The summed E-state index contributed by atoms with van der Waals surface area (Å²) >= 11 is 0. The van der Waals surface area contributed by atoms with Crippen LogP contribution in [0.15, 0.2) is 0 Å². The Morgan fingerprint density at radius 1 is 1.39 bits per heavy atom. The highest BCUT2D eigenvalue weighted by Gasteiger charge is 2.14. The second-order valence-corrected chi connectivity index (χ2v) is 5.57. The van der Waals surface area contributed by atoms with Gasteiger partial charge in [-0.15, -0.1) is 0 Å². The van der Waals surface area contributed by atoms with Gasteiger partial charge in [0.1, 0.15) is 0 Å². The van der Waals surface area contributed by atoms with Gasteiger partial charge in [0, 0.05) is 12.5 Å². The van der Waals surface area contributed by atoms with Gasteiger partial charge in [-0.2, -0.15) is 0 Å². The van der Waals surface area contributed by atoms with Crippen LogP contribution in [0.25, 0.3) is 0 Å². The lowest BCUT2D eigenvalue weighted by atomic mass is 9.97. The highest BCUT2D eigenvalue weighted by molar-refractivity contribution is 5.93.